The highest BCUT2D eigenvalue weighted by atomic mass is 16.6. The first-order valence-electron chi connectivity index (χ1n) is 9.86. The number of hydrogen-bond donors (Lipinski definition) is 0. The topological polar surface area (TPSA) is 31.0 Å². The van der Waals surface area contributed by atoms with Crippen LogP contribution in [0.5, 0.6) is 0 Å². The van der Waals surface area contributed by atoms with E-state index in [9.17, 15) is 0 Å². The summed E-state index contributed by atoms with van der Waals surface area (Å²) in [6, 6.07) is 0. The Balaban J connectivity index is 1.52. The summed E-state index contributed by atoms with van der Waals surface area (Å²) in [4.78, 5) is 0. The molecule has 23 heavy (non-hydrogen) atoms. The summed E-state index contributed by atoms with van der Waals surface area (Å²) >= 11 is 0. The molecule has 0 bridgehead atoms. The molecule has 1 saturated heterocycles. The van der Waals surface area contributed by atoms with Gasteiger partial charge in [0.1, 0.15) is 6.10 Å². The van der Waals surface area contributed by atoms with Crippen LogP contribution >= 0.6 is 0 Å². The summed E-state index contributed by atoms with van der Waals surface area (Å²) in [5.41, 5.74) is 0. The van der Waals surface area contributed by atoms with Crippen LogP contribution < -0.4 is 0 Å². The van der Waals surface area contributed by atoms with E-state index in [2.05, 4.69) is 6.58 Å². The number of unbranched alkanes of at least 4 members (excludes halogenated alkanes) is 5. The Morgan fingerprint density at radius 2 is 1.70 bits per heavy atom. The zero-order chi connectivity index (χ0) is 16.2. The quantitative estimate of drug-likeness (QED) is 0.249. The van der Waals surface area contributed by atoms with Gasteiger partial charge in [-0.15, -0.1) is 0 Å². The molecule has 0 amide bonds. The Morgan fingerprint density at radius 3 is 2.39 bits per heavy atom. The van der Waals surface area contributed by atoms with Crippen molar-refractivity contribution in [3.05, 3.63) is 12.8 Å². The molecular weight excluding hydrogens is 288 g/mol. The maximum atomic E-state index is 6.23. The Kier molecular flexibility index (Phi) is 9.73. The molecular formula is C20H36O3. The lowest BCUT2D eigenvalue weighted by molar-refractivity contribution is -0.0127. The van der Waals surface area contributed by atoms with Gasteiger partial charge in [0.2, 0.25) is 0 Å². The van der Waals surface area contributed by atoms with Crippen LogP contribution in [0, 0.1) is 5.92 Å². The summed E-state index contributed by atoms with van der Waals surface area (Å²) in [6.07, 6.45) is 18.4. The highest BCUT2D eigenvalue weighted by Gasteiger charge is 2.28. The van der Waals surface area contributed by atoms with Crippen molar-refractivity contribution in [2.75, 3.05) is 19.8 Å². The van der Waals surface area contributed by atoms with Crippen LogP contribution in [-0.4, -0.2) is 32.0 Å². The Bertz CT molecular complexity index is 295. The molecule has 1 aliphatic carbocycles. The molecule has 1 saturated carbocycles. The van der Waals surface area contributed by atoms with Gasteiger partial charge in [-0.2, -0.15) is 0 Å². The second kappa shape index (κ2) is 11.9. The number of hydrogen-bond acceptors (Lipinski definition) is 3. The fourth-order valence-corrected chi connectivity index (χ4v) is 3.68. The van der Waals surface area contributed by atoms with E-state index in [1.54, 1.807) is 0 Å². The Hall–Kier alpha value is -0.540. The third-order valence-electron chi connectivity index (χ3n) is 5.19. The third kappa shape index (κ3) is 8.76. The molecule has 2 rings (SSSR count). The molecule has 3 nitrogen and oxygen atoms in total. The highest BCUT2D eigenvalue weighted by Crippen LogP contribution is 2.31. The van der Waals surface area contributed by atoms with Crippen molar-refractivity contribution in [2.45, 2.75) is 89.3 Å². The highest BCUT2D eigenvalue weighted by molar-refractivity contribution is 4.77. The molecule has 0 radical (unpaired) electrons. The van der Waals surface area contributed by atoms with Crippen molar-refractivity contribution in [1.29, 1.82) is 0 Å². The zero-order valence-corrected chi connectivity index (χ0v) is 14.8. The van der Waals surface area contributed by atoms with E-state index in [1.807, 2.05) is 0 Å². The first-order valence-corrected chi connectivity index (χ1v) is 9.86. The number of rotatable bonds is 14. The van der Waals surface area contributed by atoms with E-state index >= 15 is 0 Å². The molecule has 2 atom stereocenters. The number of ether oxygens (including phenoxy) is 3. The average molecular weight is 325 g/mol. The van der Waals surface area contributed by atoms with Crippen LogP contribution in [0.2, 0.25) is 0 Å². The molecule has 3 heteroatoms. The summed E-state index contributed by atoms with van der Waals surface area (Å²) < 4.78 is 16.7. The second-order valence-corrected chi connectivity index (χ2v) is 7.17. The molecule has 134 valence electrons. The minimum absolute atomic E-state index is 0.402. The van der Waals surface area contributed by atoms with Crippen LogP contribution in [0.4, 0.5) is 0 Å². The molecule has 0 aromatic carbocycles. The van der Waals surface area contributed by atoms with Gasteiger partial charge in [-0.25, -0.2) is 0 Å². The standard InChI is InChI=1S/C20H36O3/c1-2-21-15-11-6-4-3-5-10-14-20(23-17-19-16-22-19)18-12-8-7-9-13-18/h2,18-20H,1,3-17H2. The maximum absolute atomic E-state index is 6.23. The van der Waals surface area contributed by atoms with Gasteiger partial charge < -0.3 is 14.2 Å². The number of epoxide rings is 1. The van der Waals surface area contributed by atoms with Crippen molar-refractivity contribution in [1.82, 2.24) is 0 Å². The molecule has 0 N–H and O–H groups in total. The van der Waals surface area contributed by atoms with Crippen molar-refractivity contribution in [3.8, 4) is 0 Å². The average Bonchev–Trinajstić information content (AvgIpc) is 3.41. The van der Waals surface area contributed by atoms with Crippen molar-refractivity contribution >= 4 is 0 Å². The van der Waals surface area contributed by atoms with E-state index in [1.165, 1.54) is 76.9 Å². The summed E-state index contributed by atoms with van der Waals surface area (Å²) in [5, 5.41) is 0. The first kappa shape index (κ1) is 18.8. The summed E-state index contributed by atoms with van der Waals surface area (Å²) in [6.45, 7) is 6.12. The fraction of sp³-hybridized carbons (Fsp3) is 0.900. The summed E-state index contributed by atoms with van der Waals surface area (Å²) in [5.74, 6) is 0.804. The van der Waals surface area contributed by atoms with Crippen molar-refractivity contribution in [2.24, 2.45) is 5.92 Å². The molecule has 2 fully saturated rings. The minimum atomic E-state index is 0.402. The maximum Gasteiger partial charge on any atom is 0.104 e. The van der Waals surface area contributed by atoms with Gasteiger partial charge in [-0.3, -0.25) is 0 Å². The smallest absolute Gasteiger partial charge is 0.104 e. The lowest BCUT2D eigenvalue weighted by Gasteiger charge is -2.30. The van der Waals surface area contributed by atoms with E-state index < -0.39 is 0 Å². The van der Waals surface area contributed by atoms with Crippen molar-refractivity contribution < 1.29 is 14.2 Å². The van der Waals surface area contributed by atoms with E-state index in [-0.39, 0.29) is 0 Å². The van der Waals surface area contributed by atoms with E-state index in [4.69, 9.17) is 14.2 Å². The van der Waals surface area contributed by atoms with Crippen LogP contribution in [0.3, 0.4) is 0 Å². The summed E-state index contributed by atoms with van der Waals surface area (Å²) in [7, 11) is 0. The van der Waals surface area contributed by atoms with Crippen LogP contribution in [0.25, 0.3) is 0 Å². The van der Waals surface area contributed by atoms with Crippen LogP contribution in [0.15, 0.2) is 12.8 Å². The van der Waals surface area contributed by atoms with Gasteiger partial charge in [-0.05, 0) is 31.6 Å². The Morgan fingerprint density at radius 1 is 1.00 bits per heavy atom. The van der Waals surface area contributed by atoms with Gasteiger partial charge in [0.25, 0.3) is 0 Å². The molecule has 1 aliphatic heterocycles. The SMILES string of the molecule is C=COCCCCCCCCC(OCC1CO1)C1CCCCC1. The lowest BCUT2D eigenvalue weighted by Crippen LogP contribution is -2.27. The van der Waals surface area contributed by atoms with Gasteiger partial charge in [0, 0.05) is 0 Å². The van der Waals surface area contributed by atoms with Gasteiger partial charge in [0.05, 0.1) is 32.2 Å². The third-order valence-corrected chi connectivity index (χ3v) is 5.19. The monoisotopic (exact) mass is 324 g/mol. The zero-order valence-electron chi connectivity index (χ0n) is 14.8. The van der Waals surface area contributed by atoms with Gasteiger partial charge in [-0.1, -0.05) is 57.9 Å². The van der Waals surface area contributed by atoms with Crippen molar-refractivity contribution in [3.63, 3.8) is 0 Å². The molecule has 0 aromatic heterocycles. The predicted molar refractivity (Wildman–Crippen MR) is 94.5 cm³/mol. The molecule has 0 spiro atoms. The molecule has 1 heterocycles. The first-order chi connectivity index (χ1) is 11.4. The second-order valence-electron chi connectivity index (χ2n) is 7.17. The van der Waals surface area contributed by atoms with Gasteiger partial charge >= 0.3 is 0 Å². The predicted octanol–water partition coefficient (Wildman–Crippen LogP) is 5.24. The van der Waals surface area contributed by atoms with E-state index in [0.717, 1.165) is 32.2 Å². The molecule has 2 unspecified atom stereocenters. The van der Waals surface area contributed by atoms with Crippen LogP contribution in [-0.2, 0) is 14.2 Å². The molecule has 0 aromatic rings. The Labute approximate surface area is 142 Å². The largest absolute Gasteiger partial charge is 0.502 e. The lowest BCUT2D eigenvalue weighted by atomic mass is 9.83. The van der Waals surface area contributed by atoms with E-state index in [0.29, 0.717) is 12.2 Å². The minimum Gasteiger partial charge on any atom is -0.502 e. The van der Waals surface area contributed by atoms with Crippen LogP contribution in [0.1, 0.15) is 77.0 Å². The fourth-order valence-electron chi connectivity index (χ4n) is 3.68. The van der Waals surface area contributed by atoms with Gasteiger partial charge in [0.15, 0.2) is 0 Å². The normalized spacial score (nSPS) is 22.7. The molecule has 2 aliphatic rings.